The summed E-state index contributed by atoms with van der Waals surface area (Å²) in [5.74, 6) is 2.35. The molecular weight excluding hydrogens is 386 g/mol. The normalized spacial score (nSPS) is 15.1. The van der Waals surface area contributed by atoms with Crippen molar-refractivity contribution in [3.05, 3.63) is 0 Å². The van der Waals surface area contributed by atoms with Crippen LogP contribution in [-0.4, -0.2) is 73.4 Å². The molecular formula is C19H35NO5S2. The molecule has 0 aromatic heterocycles. The highest BCUT2D eigenvalue weighted by molar-refractivity contribution is 8.77. The summed E-state index contributed by atoms with van der Waals surface area (Å²) in [6, 6.07) is 0.966. The Balaban J connectivity index is 2.01. The van der Waals surface area contributed by atoms with E-state index in [9.17, 15) is 9.59 Å². The zero-order valence-electron chi connectivity index (χ0n) is 17.1. The molecule has 0 saturated carbocycles. The molecule has 1 aliphatic rings. The molecule has 1 saturated heterocycles. The van der Waals surface area contributed by atoms with Crippen molar-refractivity contribution in [2.75, 3.05) is 44.5 Å². The third-order valence-electron chi connectivity index (χ3n) is 4.22. The Hall–Kier alpha value is -0.440. The second-order valence-corrected chi connectivity index (χ2v) is 9.84. The van der Waals surface area contributed by atoms with Gasteiger partial charge in [0.05, 0.1) is 19.6 Å². The maximum Gasteiger partial charge on any atom is 0.307 e. The lowest BCUT2D eigenvalue weighted by Gasteiger charge is -2.31. The minimum absolute atomic E-state index is 0.188. The van der Waals surface area contributed by atoms with E-state index in [4.69, 9.17) is 14.2 Å². The summed E-state index contributed by atoms with van der Waals surface area (Å²) in [5.41, 5.74) is 0. The second kappa shape index (κ2) is 14.5. The van der Waals surface area contributed by atoms with E-state index in [2.05, 4.69) is 32.6 Å². The van der Waals surface area contributed by atoms with Gasteiger partial charge in [-0.3, -0.25) is 14.5 Å². The Kier molecular flexibility index (Phi) is 13.2. The first-order chi connectivity index (χ1) is 12.9. The van der Waals surface area contributed by atoms with Gasteiger partial charge in [0.1, 0.15) is 13.2 Å². The summed E-state index contributed by atoms with van der Waals surface area (Å²) >= 11 is 0. The van der Waals surface area contributed by atoms with Gasteiger partial charge in [-0.15, -0.1) is 0 Å². The van der Waals surface area contributed by atoms with Crippen LogP contribution in [0.3, 0.4) is 0 Å². The smallest absolute Gasteiger partial charge is 0.307 e. The van der Waals surface area contributed by atoms with Gasteiger partial charge in [-0.1, -0.05) is 35.4 Å². The van der Waals surface area contributed by atoms with Gasteiger partial charge < -0.3 is 14.2 Å². The first-order valence-corrected chi connectivity index (χ1v) is 12.3. The molecule has 0 bridgehead atoms. The summed E-state index contributed by atoms with van der Waals surface area (Å²) in [6.07, 6.45) is 1.68. The number of hydrogen-bond donors (Lipinski definition) is 0. The van der Waals surface area contributed by atoms with Gasteiger partial charge in [-0.05, 0) is 26.2 Å². The molecule has 1 rings (SSSR count). The molecule has 0 aliphatic carbocycles. The minimum atomic E-state index is -0.192. The number of ether oxygens (including phenoxy) is 3. The van der Waals surface area contributed by atoms with Crippen molar-refractivity contribution >= 4 is 33.5 Å². The molecule has 158 valence electrons. The van der Waals surface area contributed by atoms with Gasteiger partial charge >= 0.3 is 11.9 Å². The van der Waals surface area contributed by atoms with Crippen molar-refractivity contribution in [3.8, 4) is 0 Å². The standard InChI is InChI=1S/C19H35NO5S2/c1-15(2)5-6-18(21)24-11-9-23-10-12-25-19(22)7-8-20(16(3)4)17-13-26-27-14-17/h15-17H,5-14H2,1-4H3. The highest BCUT2D eigenvalue weighted by atomic mass is 33.1. The van der Waals surface area contributed by atoms with E-state index in [-0.39, 0.29) is 25.2 Å². The van der Waals surface area contributed by atoms with Crippen LogP contribution in [0.4, 0.5) is 0 Å². The van der Waals surface area contributed by atoms with Crippen molar-refractivity contribution in [1.82, 2.24) is 4.90 Å². The van der Waals surface area contributed by atoms with Gasteiger partial charge in [0.25, 0.3) is 0 Å². The van der Waals surface area contributed by atoms with E-state index in [0.29, 0.717) is 44.1 Å². The molecule has 6 nitrogen and oxygen atoms in total. The topological polar surface area (TPSA) is 65.1 Å². The average Bonchev–Trinajstić information content (AvgIpc) is 3.13. The fourth-order valence-electron chi connectivity index (χ4n) is 2.66. The van der Waals surface area contributed by atoms with Crippen molar-refractivity contribution < 1.29 is 23.8 Å². The number of nitrogens with zero attached hydrogens (tertiary/aromatic N) is 1. The van der Waals surface area contributed by atoms with E-state index >= 15 is 0 Å². The third-order valence-corrected chi connectivity index (χ3v) is 6.74. The number of esters is 2. The van der Waals surface area contributed by atoms with E-state index in [1.807, 2.05) is 21.6 Å². The molecule has 1 fully saturated rings. The summed E-state index contributed by atoms with van der Waals surface area (Å²) < 4.78 is 15.6. The minimum Gasteiger partial charge on any atom is -0.463 e. The molecule has 8 heteroatoms. The lowest BCUT2D eigenvalue weighted by atomic mass is 10.1. The molecule has 0 aromatic rings. The van der Waals surface area contributed by atoms with Gasteiger partial charge in [-0.25, -0.2) is 0 Å². The predicted molar refractivity (Wildman–Crippen MR) is 112 cm³/mol. The number of carbonyl (C=O) groups is 2. The number of rotatable bonds is 14. The number of hydrogen-bond acceptors (Lipinski definition) is 8. The predicted octanol–water partition coefficient (Wildman–Crippen LogP) is 3.39. The largest absolute Gasteiger partial charge is 0.463 e. The Morgan fingerprint density at radius 2 is 1.48 bits per heavy atom. The van der Waals surface area contributed by atoms with Crippen LogP contribution in [0.15, 0.2) is 0 Å². The molecule has 1 heterocycles. The maximum absolute atomic E-state index is 11.9. The molecule has 0 radical (unpaired) electrons. The van der Waals surface area contributed by atoms with Crippen LogP contribution in [0.1, 0.15) is 47.0 Å². The summed E-state index contributed by atoms with van der Waals surface area (Å²) in [7, 11) is 3.80. The fraction of sp³-hybridized carbons (Fsp3) is 0.895. The zero-order valence-corrected chi connectivity index (χ0v) is 18.7. The monoisotopic (exact) mass is 421 g/mol. The van der Waals surface area contributed by atoms with Crippen LogP contribution < -0.4 is 0 Å². The highest BCUT2D eigenvalue weighted by Crippen LogP contribution is 2.34. The Bertz CT molecular complexity index is 428. The SMILES string of the molecule is CC(C)CCC(=O)OCCOCCOC(=O)CCN(C(C)C)C1CSSC1. The summed E-state index contributed by atoms with van der Waals surface area (Å²) in [5, 5.41) is 0. The molecule has 0 aromatic carbocycles. The van der Waals surface area contributed by atoms with Crippen LogP contribution in [0.2, 0.25) is 0 Å². The first-order valence-electron chi connectivity index (χ1n) is 9.79. The Morgan fingerprint density at radius 1 is 0.926 bits per heavy atom. The molecule has 1 aliphatic heterocycles. The molecule has 0 spiro atoms. The lowest BCUT2D eigenvalue weighted by Crippen LogP contribution is -2.43. The fourth-order valence-corrected chi connectivity index (χ4v) is 5.45. The number of carbonyl (C=O) groups excluding carboxylic acids is 2. The average molecular weight is 422 g/mol. The van der Waals surface area contributed by atoms with Crippen molar-refractivity contribution in [2.45, 2.75) is 59.0 Å². The zero-order chi connectivity index (χ0) is 20.1. The van der Waals surface area contributed by atoms with Crippen molar-refractivity contribution in [2.24, 2.45) is 5.92 Å². The van der Waals surface area contributed by atoms with Crippen LogP contribution >= 0.6 is 21.6 Å². The summed E-state index contributed by atoms with van der Waals surface area (Å²) in [4.78, 5) is 25.7. The van der Waals surface area contributed by atoms with Gasteiger partial charge in [0.2, 0.25) is 0 Å². The van der Waals surface area contributed by atoms with Crippen molar-refractivity contribution in [3.63, 3.8) is 0 Å². The van der Waals surface area contributed by atoms with E-state index in [1.54, 1.807) is 0 Å². The molecule has 27 heavy (non-hydrogen) atoms. The van der Waals surface area contributed by atoms with Crippen molar-refractivity contribution in [1.29, 1.82) is 0 Å². The third kappa shape index (κ3) is 11.9. The van der Waals surface area contributed by atoms with E-state index in [0.717, 1.165) is 24.5 Å². The van der Waals surface area contributed by atoms with Gasteiger partial charge in [-0.2, -0.15) is 0 Å². The maximum atomic E-state index is 11.9. The molecule has 0 amide bonds. The van der Waals surface area contributed by atoms with E-state index in [1.165, 1.54) is 0 Å². The highest BCUT2D eigenvalue weighted by Gasteiger charge is 2.26. The van der Waals surface area contributed by atoms with E-state index < -0.39 is 0 Å². The van der Waals surface area contributed by atoms with Gasteiger partial charge in [0, 0.05) is 36.6 Å². The molecule has 0 N–H and O–H groups in total. The second-order valence-electron chi connectivity index (χ2n) is 7.29. The molecule has 0 atom stereocenters. The Morgan fingerprint density at radius 3 is 2.00 bits per heavy atom. The quantitative estimate of drug-likeness (QED) is 0.240. The summed E-state index contributed by atoms with van der Waals surface area (Å²) in [6.45, 7) is 10.3. The van der Waals surface area contributed by atoms with Crippen LogP contribution in [0.25, 0.3) is 0 Å². The first kappa shape index (κ1) is 24.6. The molecule has 0 unspecified atom stereocenters. The van der Waals surface area contributed by atoms with Crippen LogP contribution in [-0.2, 0) is 23.8 Å². The van der Waals surface area contributed by atoms with Crippen LogP contribution in [0.5, 0.6) is 0 Å². The Labute approximate surface area is 171 Å². The van der Waals surface area contributed by atoms with Crippen LogP contribution in [0, 0.1) is 5.92 Å². The van der Waals surface area contributed by atoms with Gasteiger partial charge in [0.15, 0.2) is 0 Å². The lowest BCUT2D eigenvalue weighted by molar-refractivity contribution is -0.147.